The van der Waals surface area contributed by atoms with Crippen LogP contribution in [0.5, 0.6) is 0 Å². The van der Waals surface area contributed by atoms with Crippen molar-refractivity contribution in [3.8, 4) is 0 Å². The molecule has 0 spiro atoms. The fraction of sp³-hybridized carbons (Fsp3) is 0.417. The van der Waals surface area contributed by atoms with E-state index < -0.39 is 17.8 Å². The van der Waals surface area contributed by atoms with Crippen LogP contribution in [-0.4, -0.2) is 11.1 Å². The SMILES string of the molecule is CCCC[C@@H](N)c1cc(C(=O)O)ccc1F.Cl. The fourth-order valence-corrected chi connectivity index (χ4v) is 1.54. The van der Waals surface area contributed by atoms with Gasteiger partial charge in [0.15, 0.2) is 0 Å². The molecule has 1 rings (SSSR count). The number of carboxylic acid groups (broad SMARTS) is 1. The highest BCUT2D eigenvalue weighted by Crippen LogP contribution is 2.21. The highest BCUT2D eigenvalue weighted by atomic mass is 35.5. The van der Waals surface area contributed by atoms with E-state index in [1.807, 2.05) is 6.92 Å². The van der Waals surface area contributed by atoms with Crippen LogP contribution in [0.25, 0.3) is 0 Å². The van der Waals surface area contributed by atoms with Gasteiger partial charge in [-0.25, -0.2) is 9.18 Å². The quantitative estimate of drug-likeness (QED) is 0.856. The van der Waals surface area contributed by atoms with Crippen LogP contribution < -0.4 is 5.73 Å². The van der Waals surface area contributed by atoms with Crippen LogP contribution in [0.3, 0.4) is 0 Å². The summed E-state index contributed by atoms with van der Waals surface area (Å²) in [7, 11) is 0. The average molecular weight is 262 g/mol. The van der Waals surface area contributed by atoms with Crippen molar-refractivity contribution < 1.29 is 14.3 Å². The minimum atomic E-state index is -1.07. The second-order valence-electron chi connectivity index (χ2n) is 3.79. The lowest BCUT2D eigenvalue weighted by Crippen LogP contribution is -2.13. The van der Waals surface area contributed by atoms with Gasteiger partial charge >= 0.3 is 5.97 Å². The summed E-state index contributed by atoms with van der Waals surface area (Å²) in [4.78, 5) is 10.7. The topological polar surface area (TPSA) is 63.3 Å². The van der Waals surface area contributed by atoms with Gasteiger partial charge < -0.3 is 10.8 Å². The molecule has 17 heavy (non-hydrogen) atoms. The molecule has 3 N–H and O–H groups in total. The largest absolute Gasteiger partial charge is 0.478 e. The van der Waals surface area contributed by atoms with Crippen molar-refractivity contribution in [3.63, 3.8) is 0 Å². The van der Waals surface area contributed by atoms with Crippen molar-refractivity contribution in [2.24, 2.45) is 5.73 Å². The Morgan fingerprint density at radius 3 is 2.71 bits per heavy atom. The molecule has 0 saturated heterocycles. The zero-order chi connectivity index (χ0) is 12.1. The van der Waals surface area contributed by atoms with Gasteiger partial charge in [-0.2, -0.15) is 0 Å². The van der Waals surface area contributed by atoms with Gasteiger partial charge in [0.2, 0.25) is 0 Å². The van der Waals surface area contributed by atoms with Crippen molar-refractivity contribution >= 4 is 18.4 Å². The molecular weight excluding hydrogens is 245 g/mol. The maximum absolute atomic E-state index is 13.4. The summed E-state index contributed by atoms with van der Waals surface area (Å²) in [5.41, 5.74) is 6.18. The Hall–Kier alpha value is -1.13. The van der Waals surface area contributed by atoms with Crippen LogP contribution in [0, 0.1) is 5.82 Å². The molecule has 0 aliphatic rings. The van der Waals surface area contributed by atoms with Gasteiger partial charge in [-0.15, -0.1) is 12.4 Å². The van der Waals surface area contributed by atoms with Crippen LogP contribution >= 0.6 is 12.4 Å². The zero-order valence-corrected chi connectivity index (χ0v) is 10.5. The van der Waals surface area contributed by atoms with E-state index in [0.29, 0.717) is 6.42 Å². The predicted molar refractivity (Wildman–Crippen MR) is 67.1 cm³/mol. The molecule has 1 aromatic carbocycles. The van der Waals surface area contributed by atoms with Crippen LogP contribution in [-0.2, 0) is 0 Å². The number of hydrogen-bond donors (Lipinski definition) is 2. The van der Waals surface area contributed by atoms with Gasteiger partial charge in [0, 0.05) is 11.6 Å². The summed E-state index contributed by atoms with van der Waals surface area (Å²) in [6, 6.07) is 3.29. The number of rotatable bonds is 5. The van der Waals surface area contributed by atoms with Crippen LogP contribution in [0.4, 0.5) is 4.39 Å². The van der Waals surface area contributed by atoms with Crippen molar-refractivity contribution in [1.82, 2.24) is 0 Å². The number of hydrogen-bond acceptors (Lipinski definition) is 2. The molecular formula is C12H17ClFNO2. The molecule has 0 aliphatic carbocycles. The lowest BCUT2D eigenvalue weighted by Gasteiger charge is -2.12. The molecule has 0 unspecified atom stereocenters. The minimum absolute atomic E-state index is 0. The van der Waals surface area contributed by atoms with E-state index in [1.54, 1.807) is 0 Å². The van der Waals surface area contributed by atoms with Crippen molar-refractivity contribution in [2.75, 3.05) is 0 Å². The monoisotopic (exact) mass is 261 g/mol. The second kappa shape index (κ2) is 7.25. The molecule has 0 saturated carbocycles. The fourth-order valence-electron chi connectivity index (χ4n) is 1.54. The highest BCUT2D eigenvalue weighted by molar-refractivity contribution is 5.87. The van der Waals surface area contributed by atoms with Crippen LogP contribution in [0.2, 0.25) is 0 Å². The first-order valence-corrected chi connectivity index (χ1v) is 5.34. The lowest BCUT2D eigenvalue weighted by molar-refractivity contribution is 0.0696. The van der Waals surface area contributed by atoms with E-state index in [0.717, 1.165) is 18.9 Å². The number of nitrogens with two attached hydrogens (primary N) is 1. The summed E-state index contributed by atoms with van der Waals surface area (Å²) >= 11 is 0. The Morgan fingerprint density at radius 2 is 2.18 bits per heavy atom. The van der Waals surface area contributed by atoms with E-state index in [4.69, 9.17) is 10.8 Å². The van der Waals surface area contributed by atoms with Crippen molar-refractivity contribution in [2.45, 2.75) is 32.2 Å². The summed E-state index contributed by atoms with van der Waals surface area (Å²) in [5, 5.41) is 8.79. The molecule has 5 heteroatoms. The smallest absolute Gasteiger partial charge is 0.335 e. The normalized spacial score (nSPS) is 11.7. The number of unbranched alkanes of at least 4 members (excludes halogenated alkanes) is 1. The summed E-state index contributed by atoms with van der Waals surface area (Å²) in [6.07, 6.45) is 2.54. The van der Waals surface area contributed by atoms with E-state index in [-0.39, 0.29) is 23.5 Å². The summed E-state index contributed by atoms with van der Waals surface area (Å²) < 4.78 is 13.4. The van der Waals surface area contributed by atoms with E-state index >= 15 is 0 Å². The number of benzene rings is 1. The Balaban J connectivity index is 0.00000256. The molecule has 0 aromatic heterocycles. The van der Waals surface area contributed by atoms with Gasteiger partial charge in [-0.05, 0) is 24.6 Å². The van der Waals surface area contributed by atoms with Gasteiger partial charge in [0.1, 0.15) is 5.82 Å². The minimum Gasteiger partial charge on any atom is -0.478 e. The third kappa shape index (κ3) is 4.32. The molecule has 96 valence electrons. The first-order valence-electron chi connectivity index (χ1n) is 5.34. The number of halogens is 2. The van der Waals surface area contributed by atoms with E-state index in [1.165, 1.54) is 12.1 Å². The molecule has 0 bridgehead atoms. The highest BCUT2D eigenvalue weighted by Gasteiger charge is 2.13. The molecule has 1 aromatic rings. The Morgan fingerprint density at radius 1 is 1.53 bits per heavy atom. The van der Waals surface area contributed by atoms with Crippen molar-refractivity contribution in [1.29, 1.82) is 0 Å². The third-order valence-electron chi connectivity index (χ3n) is 2.51. The molecule has 0 heterocycles. The summed E-state index contributed by atoms with van der Waals surface area (Å²) in [6.45, 7) is 2.02. The Bertz CT molecular complexity index is 385. The molecule has 3 nitrogen and oxygen atoms in total. The second-order valence-corrected chi connectivity index (χ2v) is 3.79. The number of aromatic carboxylic acids is 1. The standard InChI is InChI=1S/C12H16FNO2.ClH/c1-2-3-4-11(14)9-7-8(12(15)16)5-6-10(9)13;/h5-7,11H,2-4,14H2,1H3,(H,15,16);1H/t11-;/m1./s1. The molecule has 0 aliphatic heterocycles. The average Bonchev–Trinajstić information content (AvgIpc) is 2.26. The maximum Gasteiger partial charge on any atom is 0.335 e. The lowest BCUT2D eigenvalue weighted by atomic mass is 9.99. The van der Waals surface area contributed by atoms with Crippen LogP contribution in [0.1, 0.15) is 48.1 Å². The van der Waals surface area contributed by atoms with Crippen molar-refractivity contribution in [3.05, 3.63) is 35.1 Å². The summed E-state index contributed by atoms with van der Waals surface area (Å²) in [5.74, 6) is -1.50. The molecule has 0 amide bonds. The maximum atomic E-state index is 13.4. The first kappa shape index (κ1) is 15.9. The first-order chi connectivity index (χ1) is 7.56. The van der Waals surface area contributed by atoms with Gasteiger partial charge in [-0.1, -0.05) is 19.8 Å². The number of carbonyl (C=O) groups is 1. The van der Waals surface area contributed by atoms with E-state index in [2.05, 4.69) is 0 Å². The van der Waals surface area contributed by atoms with Gasteiger partial charge in [0.05, 0.1) is 5.56 Å². The molecule has 0 radical (unpaired) electrons. The van der Waals surface area contributed by atoms with Gasteiger partial charge in [0.25, 0.3) is 0 Å². The molecule has 1 atom stereocenters. The molecule has 0 fully saturated rings. The van der Waals surface area contributed by atoms with Crippen LogP contribution in [0.15, 0.2) is 18.2 Å². The number of carboxylic acids is 1. The zero-order valence-electron chi connectivity index (χ0n) is 9.65. The van der Waals surface area contributed by atoms with E-state index in [9.17, 15) is 9.18 Å². The van der Waals surface area contributed by atoms with Gasteiger partial charge in [-0.3, -0.25) is 0 Å². The predicted octanol–water partition coefficient (Wildman–Crippen LogP) is 3.14. The Kier molecular flexibility index (Phi) is 6.76. The Labute approximate surface area is 106 Å². The third-order valence-corrected chi connectivity index (χ3v) is 2.51.